The number of carbonyl (C=O) groups excluding carboxylic acids is 1. The summed E-state index contributed by atoms with van der Waals surface area (Å²) in [6, 6.07) is 0. The molecule has 0 amide bonds. The van der Waals surface area contributed by atoms with Crippen LogP contribution in [0.1, 0.15) is 16.4 Å². The van der Waals surface area contributed by atoms with E-state index in [0.29, 0.717) is 10.4 Å². The monoisotopic (exact) mass is 219 g/mol. The lowest BCUT2D eigenvalue weighted by Crippen LogP contribution is -2.00. The lowest BCUT2D eigenvalue weighted by atomic mass is 10.6. The minimum atomic E-state index is -0.571. The molecular formula is C6H6BrNO3. The number of rotatable bonds is 1. The van der Waals surface area contributed by atoms with Gasteiger partial charge in [0.25, 0.3) is 0 Å². The second-order valence-electron chi connectivity index (χ2n) is 1.87. The molecule has 0 radical (unpaired) electrons. The van der Waals surface area contributed by atoms with Gasteiger partial charge in [-0.25, -0.2) is 9.78 Å². The summed E-state index contributed by atoms with van der Waals surface area (Å²) < 4.78 is 9.74. The molecule has 0 N–H and O–H groups in total. The number of methoxy groups -OCH3 is 1. The summed E-state index contributed by atoms with van der Waals surface area (Å²) in [4.78, 5) is 14.6. The summed E-state index contributed by atoms with van der Waals surface area (Å²) in [5.41, 5.74) is 0.630. The molecule has 0 aliphatic heterocycles. The predicted octanol–water partition coefficient (Wildman–Crippen LogP) is 1.53. The normalized spacial score (nSPS) is 9.73. The number of aryl methyl sites for hydroxylation is 1. The van der Waals surface area contributed by atoms with E-state index in [2.05, 4.69) is 25.7 Å². The predicted molar refractivity (Wildman–Crippen MR) is 40.3 cm³/mol. The van der Waals surface area contributed by atoms with Crippen molar-refractivity contribution in [2.24, 2.45) is 0 Å². The molecule has 1 rings (SSSR count). The van der Waals surface area contributed by atoms with Crippen LogP contribution in [-0.2, 0) is 4.74 Å². The van der Waals surface area contributed by atoms with Crippen molar-refractivity contribution in [2.75, 3.05) is 7.11 Å². The van der Waals surface area contributed by atoms with Gasteiger partial charge < -0.3 is 9.15 Å². The van der Waals surface area contributed by atoms with Gasteiger partial charge in [-0.15, -0.1) is 0 Å². The number of hydrogen-bond donors (Lipinski definition) is 0. The lowest BCUT2D eigenvalue weighted by Gasteiger charge is -1.88. The van der Waals surface area contributed by atoms with E-state index < -0.39 is 5.97 Å². The third kappa shape index (κ3) is 1.59. The van der Waals surface area contributed by atoms with Crippen LogP contribution >= 0.6 is 15.9 Å². The highest BCUT2D eigenvalue weighted by atomic mass is 79.9. The molecule has 0 unspecified atom stereocenters. The first kappa shape index (κ1) is 8.26. The van der Waals surface area contributed by atoms with Crippen LogP contribution in [0.5, 0.6) is 0 Å². The van der Waals surface area contributed by atoms with E-state index >= 15 is 0 Å². The van der Waals surface area contributed by atoms with Crippen LogP contribution in [0.25, 0.3) is 0 Å². The maximum absolute atomic E-state index is 10.8. The molecule has 0 fully saturated rings. The zero-order valence-electron chi connectivity index (χ0n) is 6.05. The van der Waals surface area contributed by atoms with Gasteiger partial charge in [0.2, 0.25) is 0 Å². The number of hydrogen-bond acceptors (Lipinski definition) is 4. The average molecular weight is 220 g/mol. The van der Waals surface area contributed by atoms with E-state index in [0.717, 1.165) is 0 Å². The molecule has 60 valence electrons. The molecule has 0 bridgehead atoms. The van der Waals surface area contributed by atoms with Crippen LogP contribution in [0.4, 0.5) is 0 Å². The van der Waals surface area contributed by atoms with E-state index in [-0.39, 0.29) is 5.89 Å². The molecule has 11 heavy (non-hydrogen) atoms. The molecule has 1 aromatic rings. The maximum Gasteiger partial charge on any atom is 0.394 e. The largest absolute Gasteiger partial charge is 0.462 e. The second-order valence-corrected chi connectivity index (χ2v) is 2.59. The van der Waals surface area contributed by atoms with Gasteiger partial charge in [-0.2, -0.15) is 0 Å². The fraction of sp³-hybridized carbons (Fsp3) is 0.333. The van der Waals surface area contributed by atoms with E-state index in [1.807, 2.05) is 0 Å². The fourth-order valence-electron chi connectivity index (χ4n) is 0.552. The first-order valence-corrected chi connectivity index (χ1v) is 3.65. The Kier molecular flexibility index (Phi) is 2.28. The van der Waals surface area contributed by atoms with Crippen LogP contribution in [0.3, 0.4) is 0 Å². The Morgan fingerprint density at radius 3 is 2.73 bits per heavy atom. The molecule has 0 spiro atoms. The van der Waals surface area contributed by atoms with Gasteiger partial charge in [-0.1, -0.05) is 0 Å². The van der Waals surface area contributed by atoms with Crippen molar-refractivity contribution in [1.82, 2.24) is 4.98 Å². The third-order valence-electron chi connectivity index (χ3n) is 1.10. The van der Waals surface area contributed by atoms with E-state index in [1.165, 1.54) is 7.11 Å². The molecule has 0 saturated heterocycles. The highest BCUT2D eigenvalue weighted by Crippen LogP contribution is 2.16. The van der Waals surface area contributed by atoms with Gasteiger partial charge in [0, 0.05) is 0 Å². The van der Waals surface area contributed by atoms with Crippen LogP contribution in [0.2, 0.25) is 0 Å². The molecule has 0 saturated carbocycles. The van der Waals surface area contributed by atoms with Crippen molar-refractivity contribution in [3.8, 4) is 0 Å². The minimum absolute atomic E-state index is 0.0307. The van der Waals surface area contributed by atoms with Crippen molar-refractivity contribution in [2.45, 2.75) is 6.92 Å². The summed E-state index contributed by atoms with van der Waals surface area (Å²) >= 11 is 3.08. The molecule has 0 atom stereocenters. The molecule has 1 aromatic heterocycles. The second kappa shape index (κ2) is 3.04. The zero-order valence-corrected chi connectivity index (χ0v) is 7.64. The molecule has 0 aliphatic rings. The number of nitrogens with zero attached hydrogens (tertiary/aromatic N) is 1. The van der Waals surface area contributed by atoms with Gasteiger partial charge in [-0.3, -0.25) is 0 Å². The average Bonchev–Trinajstić information content (AvgIpc) is 2.31. The Labute approximate surface area is 71.7 Å². The van der Waals surface area contributed by atoms with Crippen molar-refractivity contribution >= 4 is 21.9 Å². The number of halogens is 1. The van der Waals surface area contributed by atoms with Gasteiger partial charge in [-0.05, 0) is 22.9 Å². The molecule has 0 aliphatic carbocycles. The highest BCUT2D eigenvalue weighted by molar-refractivity contribution is 9.10. The number of carbonyl (C=O) groups is 1. The van der Waals surface area contributed by atoms with E-state index in [9.17, 15) is 4.79 Å². The van der Waals surface area contributed by atoms with Gasteiger partial charge in [0.05, 0.1) is 12.8 Å². The Bertz CT molecular complexity index is 262. The van der Waals surface area contributed by atoms with Crippen LogP contribution in [-0.4, -0.2) is 18.1 Å². The summed E-state index contributed by atoms with van der Waals surface area (Å²) in [5, 5.41) is 0. The zero-order chi connectivity index (χ0) is 8.43. The molecular weight excluding hydrogens is 214 g/mol. The SMILES string of the molecule is COC(=O)c1nc(C)c(Br)o1. The smallest absolute Gasteiger partial charge is 0.394 e. The summed E-state index contributed by atoms with van der Waals surface area (Å²) in [6.45, 7) is 1.72. The third-order valence-corrected chi connectivity index (χ3v) is 1.84. The Morgan fingerprint density at radius 1 is 1.73 bits per heavy atom. The lowest BCUT2D eigenvalue weighted by molar-refractivity contribution is 0.0554. The van der Waals surface area contributed by atoms with Crippen LogP contribution in [0, 0.1) is 6.92 Å². The van der Waals surface area contributed by atoms with Gasteiger partial charge in [0.1, 0.15) is 0 Å². The Hall–Kier alpha value is -0.840. The minimum Gasteiger partial charge on any atom is -0.462 e. The number of esters is 1. The fourth-order valence-corrected chi connectivity index (χ4v) is 0.794. The standard InChI is InChI=1S/C6H6BrNO3/c1-3-4(7)11-5(8-3)6(9)10-2/h1-2H3. The number of aromatic nitrogens is 1. The van der Waals surface area contributed by atoms with Crippen molar-refractivity contribution < 1.29 is 13.9 Å². The van der Waals surface area contributed by atoms with E-state index in [4.69, 9.17) is 4.42 Å². The Morgan fingerprint density at radius 2 is 2.36 bits per heavy atom. The first-order valence-electron chi connectivity index (χ1n) is 2.86. The summed E-state index contributed by atoms with van der Waals surface area (Å²) in [7, 11) is 1.27. The van der Waals surface area contributed by atoms with Crippen molar-refractivity contribution in [3.05, 3.63) is 16.3 Å². The first-order chi connectivity index (χ1) is 5.15. The molecule has 5 heteroatoms. The highest BCUT2D eigenvalue weighted by Gasteiger charge is 2.14. The van der Waals surface area contributed by atoms with Crippen molar-refractivity contribution in [3.63, 3.8) is 0 Å². The molecule has 0 aromatic carbocycles. The number of ether oxygens (including phenoxy) is 1. The van der Waals surface area contributed by atoms with Gasteiger partial charge >= 0.3 is 11.9 Å². The van der Waals surface area contributed by atoms with Crippen LogP contribution < -0.4 is 0 Å². The van der Waals surface area contributed by atoms with Crippen molar-refractivity contribution in [1.29, 1.82) is 0 Å². The number of oxazole rings is 1. The summed E-state index contributed by atoms with van der Waals surface area (Å²) in [6.07, 6.45) is 0. The van der Waals surface area contributed by atoms with Crippen LogP contribution in [0.15, 0.2) is 9.09 Å². The Balaban J connectivity index is 2.97. The molecule has 4 nitrogen and oxygen atoms in total. The van der Waals surface area contributed by atoms with Gasteiger partial charge in [0.15, 0.2) is 4.67 Å². The maximum atomic E-state index is 10.8. The topological polar surface area (TPSA) is 52.3 Å². The summed E-state index contributed by atoms with van der Waals surface area (Å²) in [5.74, 6) is -0.601. The quantitative estimate of drug-likeness (QED) is 0.673. The molecule has 1 heterocycles. The van der Waals surface area contributed by atoms with E-state index in [1.54, 1.807) is 6.92 Å².